The topological polar surface area (TPSA) is 17.8 Å². The number of imidazole rings is 1. The van der Waals surface area contributed by atoms with E-state index in [1.165, 1.54) is 6.07 Å². The molecule has 6 heteroatoms. The zero-order chi connectivity index (χ0) is 15.0. The van der Waals surface area contributed by atoms with Gasteiger partial charge in [0.2, 0.25) is 0 Å². The van der Waals surface area contributed by atoms with Crippen molar-refractivity contribution in [3.05, 3.63) is 29.6 Å². The number of fused-ring (bicyclic) bond motifs is 1. The minimum absolute atomic E-state index is 0.157. The molecular weight excluding hydrogens is 314 g/mol. The number of hydrogen-bond donors (Lipinski definition) is 0. The molecule has 0 N–H and O–H groups in total. The summed E-state index contributed by atoms with van der Waals surface area (Å²) in [7, 11) is 0. The SMILES string of the molecule is CCSC1CCC(n2c(CCl)nc3ccc(F)c(F)c32)C1. The van der Waals surface area contributed by atoms with Crippen LogP contribution in [0.4, 0.5) is 8.78 Å². The minimum Gasteiger partial charge on any atom is -0.321 e. The average Bonchev–Trinajstić information content (AvgIpc) is 3.07. The first kappa shape index (κ1) is 15.1. The monoisotopic (exact) mass is 330 g/mol. The normalized spacial score (nSPS) is 22.3. The number of rotatable bonds is 4. The van der Waals surface area contributed by atoms with Crippen LogP contribution in [0.5, 0.6) is 0 Å². The van der Waals surface area contributed by atoms with Crippen LogP contribution in [0, 0.1) is 11.6 Å². The third-order valence-corrected chi connectivity index (χ3v) is 5.53. The summed E-state index contributed by atoms with van der Waals surface area (Å²) in [5, 5.41) is 0.581. The molecule has 1 fully saturated rings. The molecule has 2 atom stereocenters. The third kappa shape index (κ3) is 2.66. The predicted octanol–water partition coefficient (Wildman–Crippen LogP) is 4.90. The first-order chi connectivity index (χ1) is 10.2. The van der Waals surface area contributed by atoms with E-state index in [9.17, 15) is 8.78 Å². The number of hydrogen-bond acceptors (Lipinski definition) is 2. The minimum atomic E-state index is -0.831. The number of nitrogens with zero attached hydrogens (tertiary/aromatic N) is 2. The first-order valence-electron chi connectivity index (χ1n) is 7.18. The molecule has 1 heterocycles. The van der Waals surface area contributed by atoms with Crippen LogP contribution < -0.4 is 0 Å². The van der Waals surface area contributed by atoms with E-state index in [0.29, 0.717) is 16.6 Å². The second kappa shape index (κ2) is 6.13. The molecule has 0 bridgehead atoms. The molecule has 0 saturated heterocycles. The molecule has 3 rings (SSSR count). The summed E-state index contributed by atoms with van der Waals surface area (Å²) in [6.45, 7) is 2.14. The highest BCUT2D eigenvalue weighted by Gasteiger charge is 2.30. The highest BCUT2D eigenvalue weighted by atomic mass is 35.5. The summed E-state index contributed by atoms with van der Waals surface area (Å²) in [4.78, 5) is 4.37. The van der Waals surface area contributed by atoms with Crippen molar-refractivity contribution in [3.8, 4) is 0 Å². The molecule has 114 valence electrons. The van der Waals surface area contributed by atoms with Gasteiger partial charge in [-0.1, -0.05) is 6.92 Å². The molecule has 2 nitrogen and oxygen atoms in total. The summed E-state index contributed by atoms with van der Waals surface area (Å²) in [5.74, 6) is 0.263. The number of alkyl halides is 1. The summed E-state index contributed by atoms with van der Waals surface area (Å²) in [6.07, 6.45) is 3.02. The Labute approximate surface area is 131 Å². The molecule has 1 saturated carbocycles. The van der Waals surface area contributed by atoms with Gasteiger partial charge in [0, 0.05) is 11.3 Å². The maximum atomic E-state index is 14.2. The molecule has 21 heavy (non-hydrogen) atoms. The van der Waals surface area contributed by atoms with Crippen molar-refractivity contribution < 1.29 is 8.78 Å². The maximum Gasteiger partial charge on any atom is 0.184 e. The first-order valence-corrected chi connectivity index (χ1v) is 8.76. The van der Waals surface area contributed by atoms with Crippen molar-refractivity contribution in [1.29, 1.82) is 0 Å². The van der Waals surface area contributed by atoms with Crippen LogP contribution in [0.15, 0.2) is 12.1 Å². The Bertz CT molecular complexity index is 659. The van der Waals surface area contributed by atoms with Crippen molar-refractivity contribution in [2.75, 3.05) is 5.75 Å². The van der Waals surface area contributed by atoms with Gasteiger partial charge in [-0.05, 0) is 37.1 Å². The largest absolute Gasteiger partial charge is 0.321 e. The standard InChI is InChI=1S/C15H17ClF2N2S/c1-2-21-10-4-3-9(7-10)20-13(8-16)19-12-6-5-11(17)14(18)15(12)20/h5-6,9-10H,2-4,7-8H2,1H3. The van der Waals surface area contributed by atoms with Crippen LogP contribution >= 0.6 is 23.4 Å². The van der Waals surface area contributed by atoms with Crippen LogP contribution in [0.2, 0.25) is 0 Å². The highest BCUT2D eigenvalue weighted by Crippen LogP contribution is 2.40. The van der Waals surface area contributed by atoms with E-state index in [-0.39, 0.29) is 17.4 Å². The van der Waals surface area contributed by atoms with Crippen molar-refractivity contribution in [2.45, 2.75) is 43.4 Å². The van der Waals surface area contributed by atoms with Gasteiger partial charge in [-0.25, -0.2) is 13.8 Å². The van der Waals surface area contributed by atoms with Crippen LogP contribution in [-0.4, -0.2) is 20.6 Å². The summed E-state index contributed by atoms with van der Waals surface area (Å²) in [6, 6.07) is 2.80. The van der Waals surface area contributed by atoms with Gasteiger partial charge in [0.15, 0.2) is 11.6 Å². The molecule has 2 unspecified atom stereocenters. The fraction of sp³-hybridized carbons (Fsp3) is 0.533. The van der Waals surface area contributed by atoms with E-state index in [1.807, 2.05) is 16.3 Å². The van der Waals surface area contributed by atoms with Gasteiger partial charge in [-0.3, -0.25) is 0 Å². The molecule has 0 amide bonds. The van der Waals surface area contributed by atoms with Gasteiger partial charge < -0.3 is 4.57 Å². The lowest BCUT2D eigenvalue weighted by atomic mass is 10.2. The molecule has 1 aromatic carbocycles. The molecule has 0 radical (unpaired) electrons. The maximum absolute atomic E-state index is 14.2. The molecule has 1 aliphatic rings. The van der Waals surface area contributed by atoms with E-state index in [1.54, 1.807) is 0 Å². The van der Waals surface area contributed by atoms with Crippen LogP contribution in [0.1, 0.15) is 38.1 Å². The van der Waals surface area contributed by atoms with Gasteiger partial charge in [-0.2, -0.15) is 11.8 Å². The smallest absolute Gasteiger partial charge is 0.184 e. The Morgan fingerprint density at radius 3 is 2.90 bits per heavy atom. The van der Waals surface area contributed by atoms with E-state index in [2.05, 4.69) is 11.9 Å². The predicted molar refractivity (Wildman–Crippen MR) is 84.0 cm³/mol. The summed E-state index contributed by atoms with van der Waals surface area (Å²) in [5.41, 5.74) is 0.744. The molecule has 0 spiro atoms. The van der Waals surface area contributed by atoms with Crippen molar-refractivity contribution in [1.82, 2.24) is 9.55 Å². The lowest BCUT2D eigenvalue weighted by Gasteiger charge is -2.16. The van der Waals surface area contributed by atoms with E-state index >= 15 is 0 Å². The quantitative estimate of drug-likeness (QED) is 0.742. The Hall–Kier alpha value is -0.810. The Morgan fingerprint density at radius 1 is 1.38 bits per heavy atom. The van der Waals surface area contributed by atoms with Crippen LogP contribution in [0.3, 0.4) is 0 Å². The zero-order valence-electron chi connectivity index (χ0n) is 11.8. The average molecular weight is 331 g/mol. The Morgan fingerprint density at radius 2 is 2.19 bits per heavy atom. The molecule has 1 aromatic heterocycles. The molecule has 2 aromatic rings. The highest BCUT2D eigenvalue weighted by molar-refractivity contribution is 7.99. The second-order valence-corrected chi connectivity index (χ2v) is 7.15. The van der Waals surface area contributed by atoms with Crippen molar-refractivity contribution >= 4 is 34.4 Å². The molecular formula is C15H17ClF2N2S. The number of halogens is 3. The molecule has 1 aliphatic carbocycles. The number of thioether (sulfide) groups is 1. The third-order valence-electron chi connectivity index (χ3n) is 4.06. The van der Waals surface area contributed by atoms with Gasteiger partial charge in [0.25, 0.3) is 0 Å². The summed E-state index contributed by atoms with van der Waals surface area (Å²) >= 11 is 7.90. The van der Waals surface area contributed by atoms with Gasteiger partial charge in [0.1, 0.15) is 11.3 Å². The van der Waals surface area contributed by atoms with E-state index < -0.39 is 11.6 Å². The fourth-order valence-electron chi connectivity index (χ4n) is 3.20. The van der Waals surface area contributed by atoms with Crippen molar-refractivity contribution in [3.63, 3.8) is 0 Å². The van der Waals surface area contributed by atoms with Crippen LogP contribution in [0.25, 0.3) is 11.0 Å². The Balaban J connectivity index is 2.06. The van der Waals surface area contributed by atoms with Gasteiger partial charge in [0.05, 0.1) is 11.4 Å². The van der Waals surface area contributed by atoms with E-state index in [4.69, 9.17) is 11.6 Å². The lowest BCUT2D eigenvalue weighted by Crippen LogP contribution is -2.10. The number of benzene rings is 1. The summed E-state index contributed by atoms with van der Waals surface area (Å²) < 4.78 is 29.6. The molecule has 0 aliphatic heterocycles. The van der Waals surface area contributed by atoms with Gasteiger partial charge in [-0.15, -0.1) is 11.6 Å². The van der Waals surface area contributed by atoms with Gasteiger partial charge >= 0.3 is 0 Å². The van der Waals surface area contributed by atoms with Crippen LogP contribution in [-0.2, 0) is 5.88 Å². The fourth-order valence-corrected chi connectivity index (χ4v) is 4.52. The zero-order valence-corrected chi connectivity index (χ0v) is 13.4. The van der Waals surface area contributed by atoms with Crippen molar-refractivity contribution in [2.24, 2.45) is 0 Å². The Kier molecular flexibility index (Phi) is 4.41. The second-order valence-electron chi connectivity index (χ2n) is 5.30. The lowest BCUT2D eigenvalue weighted by molar-refractivity contribution is 0.487. The number of aromatic nitrogens is 2. The van der Waals surface area contributed by atoms with E-state index in [0.717, 1.165) is 31.1 Å².